The number of ether oxygens (including phenoxy) is 2. The van der Waals surface area contributed by atoms with E-state index in [1.807, 2.05) is 0 Å². The molecule has 7 nitrogen and oxygen atoms in total. The van der Waals surface area contributed by atoms with Gasteiger partial charge in [-0.1, -0.05) is 6.07 Å². The number of pyridine rings is 1. The van der Waals surface area contributed by atoms with Crippen LogP contribution in [0.2, 0.25) is 0 Å². The van der Waals surface area contributed by atoms with Crippen LogP contribution in [0.5, 0.6) is 0 Å². The third kappa shape index (κ3) is 4.13. The number of carbonyl (C=O) groups is 2. The first-order chi connectivity index (χ1) is 12.2. The summed E-state index contributed by atoms with van der Waals surface area (Å²) in [5.41, 5.74) is 2.23. The maximum absolute atomic E-state index is 12.5. The maximum Gasteiger partial charge on any atom is 0.337 e. The number of nitrogens with zero attached hydrogens (tertiary/aromatic N) is 2. The molecule has 0 saturated carbocycles. The van der Waals surface area contributed by atoms with E-state index >= 15 is 0 Å². The molecular weight excluding hydrogens is 322 g/mol. The summed E-state index contributed by atoms with van der Waals surface area (Å²) in [6.45, 7) is 2.87. The van der Waals surface area contributed by atoms with Gasteiger partial charge in [0.2, 0.25) is 0 Å². The van der Waals surface area contributed by atoms with E-state index in [0.29, 0.717) is 30.0 Å². The van der Waals surface area contributed by atoms with Crippen molar-refractivity contribution in [3.8, 4) is 0 Å². The summed E-state index contributed by atoms with van der Waals surface area (Å²) < 4.78 is 10.0. The molecule has 25 heavy (non-hydrogen) atoms. The van der Waals surface area contributed by atoms with Crippen LogP contribution in [0.15, 0.2) is 42.7 Å². The molecule has 1 aromatic carbocycles. The van der Waals surface area contributed by atoms with Gasteiger partial charge in [0.25, 0.3) is 5.91 Å². The highest BCUT2D eigenvalue weighted by Gasteiger charge is 2.15. The maximum atomic E-state index is 12.5. The average Bonchev–Trinajstić information content (AvgIpc) is 2.68. The Balaban J connectivity index is 1.74. The highest BCUT2D eigenvalue weighted by molar-refractivity contribution is 6.05. The van der Waals surface area contributed by atoms with E-state index in [1.165, 1.54) is 13.3 Å². The molecule has 1 amide bonds. The van der Waals surface area contributed by atoms with E-state index in [0.717, 1.165) is 18.8 Å². The first-order valence-corrected chi connectivity index (χ1v) is 7.95. The molecule has 0 spiro atoms. The van der Waals surface area contributed by atoms with Crippen molar-refractivity contribution >= 4 is 23.3 Å². The average molecular weight is 341 g/mol. The number of hydrogen-bond donors (Lipinski definition) is 1. The smallest absolute Gasteiger partial charge is 0.337 e. The Morgan fingerprint density at radius 2 is 1.96 bits per heavy atom. The van der Waals surface area contributed by atoms with Gasteiger partial charge in [0.05, 0.1) is 43.3 Å². The molecular formula is C18H19N3O4. The second-order valence-electron chi connectivity index (χ2n) is 5.56. The Morgan fingerprint density at radius 3 is 2.72 bits per heavy atom. The lowest BCUT2D eigenvalue weighted by Crippen LogP contribution is -2.36. The van der Waals surface area contributed by atoms with Crippen LogP contribution in [0.1, 0.15) is 20.7 Å². The summed E-state index contributed by atoms with van der Waals surface area (Å²) in [5.74, 6) is -0.739. The van der Waals surface area contributed by atoms with Crippen LogP contribution in [-0.2, 0) is 9.47 Å². The van der Waals surface area contributed by atoms with Gasteiger partial charge in [0.15, 0.2) is 0 Å². The minimum Gasteiger partial charge on any atom is -0.465 e. The van der Waals surface area contributed by atoms with Gasteiger partial charge in [0, 0.05) is 25.0 Å². The Morgan fingerprint density at radius 1 is 1.16 bits per heavy atom. The minimum atomic E-state index is -0.452. The van der Waals surface area contributed by atoms with Crippen molar-refractivity contribution in [3.63, 3.8) is 0 Å². The van der Waals surface area contributed by atoms with Crippen LogP contribution in [0.4, 0.5) is 11.4 Å². The van der Waals surface area contributed by atoms with E-state index in [4.69, 9.17) is 4.74 Å². The summed E-state index contributed by atoms with van der Waals surface area (Å²) >= 11 is 0. The number of rotatable bonds is 4. The van der Waals surface area contributed by atoms with E-state index in [9.17, 15) is 9.59 Å². The van der Waals surface area contributed by atoms with E-state index in [1.54, 1.807) is 36.5 Å². The Kier molecular flexibility index (Phi) is 5.25. The van der Waals surface area contributed by atoms with E-state index < -0.39 is 5.97 Å². The fourth-order valence-electron chi connectivity index (χ4n) is 2.59. The van der Waals surface area contributed by atoms with Crippen molar-refractivity contribution in [3.05, 3.63) is 53.9 Å². The Labute approximate surface area is 145 Å². The number of methoxy groups -OCH3 is 1. The summed E-state index contributed by atoms with van der Waals surface area (Å²) in [4.78, 5) is 30.4. The fourth-order valence-corrected chi connectivity index (χ4v) is 2.59. The van der Waals surface area contributed by atoms with Crippen molar-refractivity contribution < 1.29 is 19.1 Å². The predicted octanol–water partition coefficient (Wildman–Crippen LogP) is 1.96. The largest absolute Gasteiger partial charge is 0.465 e. The molecule has 0 radical (unpaired) electrons. The molecule has 1 aliphatic heterocycles. The molecule has 2 aromatic rings. The van der Waals surface area contributed by atoms with Crippen LogP contribution >= 0.6 is 0 Å². The second kappa shape index (κ2) is 7.76. The van der Waals surface area contributed by atoms with Gasteiger partial charge in [-0.2, -0.15) is 0 Å². The number of benzene rings is 1. The molecule has 2 heterocycles. The van der Waals surface area contributed by atoms with Crippen molar-refractivity contribution in [1.82, 2.24) is 4.98 Å². The molecule has 1 N–H and O–H groups in total. The SMILES string of the molecule is COC(=O)c1cccc(NC(=O)c2cncc(N3CCOCC3)c2)c1. The van der Waals surface area contributed by atoms with Crippen LogP contribution in [0.3, 0.4) is 0 Å². The lowest BCUT2D eigenvalue weighted by atomic mass is 10.2. The fraction of sp³-hybridized carbons (Fsp3) is 0.278. The highest BCUT2D eigenvalue weighted by atomic mass is 16.5. The number of aromatic nitrogens is 1. The monoisotopic (exact) mass is 341 g/mol. The van der Waals surface area contributed by atoms with Gasteiger partial charge in [0.1, 0.15) is 0 Å². The lowest BCUT2D eigenvalue weighted by Gasteiger charge is -2.28. The molecule has 7 heteroatoms. The number of hydrogen-bond acceptors (Lipinski definition) is 6. The number of amides is 1. The standard InChI is InChI=1S/C18H19N3O4/c1-24-18(23)13-3-2-4-15(9-13)20-17(22)14-10-16(12-19-11-14)21-5-7-25-8-6-21/h2-4,9-12H,5-8H2,1H3,(H,20,22). The number of morpholine rings is 1. The van der Waals surface area contributed by atoms with Crippen molar-refractivity contribution in [2.45, 2.75) is 0 Å². The van der Waals surface area contributed by atoms with Gasteiger partial charge in [-0.3, -0.25) is 9.78 Å². The van der Waals surface area contributed by atoms with Crippen LogP contribution in [0.25, 0.3) is 0 Å². The summed E-state index contributed by atoms with van der Waals surface area (Å²) in [7, 11) is 1.32. The molecule has 0 atom stereocenters. The van der Waals surface area contributed by atoms with E-state index in [-0.39, 0.29) is 5.91 Å². The Bertz CT molecular complexity index is 772. The van der Waals surface area contributed by atoms with E-state index in [2.05, 4.69) is 19.9 Å². The third-order valence-corrected chi connectivity index (χ3v) is 3.90. The zero-order chi connectivity index (χ0) is 17.6. The van der Waals surface area contributed by atoms with Crippen LogP contribution < -0.4 is 10.2 Å². The topological polar surface area (TPSA) is 80.8 Å². The van der Waals surface area contributed by atoms with Crippen molar-refractivity contribution in [1.29, 1.82) is 0 Å². The van der Waals surface area contributed by atoms with Gasteiger partial charge in [-0.05, 0) is 24.3 Å². The first kappa shape index (κ1) is 16.9. The van der Waals surface area contributed by atoms with Crippen LogP contribution in [0, 0.1) is 0 Å². The summed E-state index contributed by atoms with van der Waals surface area (Å²) in [6, 6.07) is 8.40. The number of carbonyl (C=O) groups excluding carboxylic acids is 2. The quantitative estimate of drug-likeness (QED) is 0.856. The number of esters is 1. The molecule has 1 saturated heterocycles. The Hall–Kier alpha value is -2.93. The number of anilines is 2. The first-order valence-electron chi connectivity index (χ1n) is 7.95. The molecule has 1 aromatic heterocycles. The van der Waals surface area contributed by atoms with Crippen LogP contribution in [-0.4, -0.2) is 50.3 Å². The summed E-state index contributed by atoms with van der Waals surface area (Å²) in [6.07, 6.45) is 3.25. The van der Waals surface area contributed by atoms with Crippen molar-refractivity contribution in [2.75, 3.05) is 43.6 Å². The summed E-state index contributed by atoms with van der Waals surface area (Å²) in [5, 5.41) is 2.78. The molecule has 130 valence electrons. The third-order valence-electron chi connectivity index (χ3n) is 3.90. The molecule has 0 bridgehead atoms. The molecule has 0 aliphatic carbocycles. The molecule has 1 aliphatic rings. The predicted molar refractivity (Wildman–Crippen MR) is 93.0 cm³/mol. The van der Waals surface area contributed by atoms with Crippen molar-refractivity contribution in [2.24, 2.45) is 0 Å². The molecule has 0 unspecified atom stereocenters. The van der Waals surface area contributed by atoms with Gasteiger partial charge < -0.3 is 19.7 Å². The van der Waals surface area contributed by atoms with Gasteiger partial charge in [-0.15, -0.1) is 0 Å². The lowest BCUT2D eigenvalue weighted by molar-refractivity contribution is 0.0600. The molecule has 1 fully saturated rings. The highest BCUT2D eigenvalue weighted by Crippen LogP contribution is 2.18. The minimum absolute atomic E-state index is 0.287. The zero-order valence-electron chi connectivity index (χ0n) is 13.9. The zero-order valence-corrected chi connectivity index (χ0v) is 13.9. The number of nitrogens with one attached hydrogen (secondary N) is 1. The van der Waals surface area contributed by atoms with Gasteiger partial charge in [-0.25, -0.2) is 4.79 Å². The normalized spacial score (nSPS) is 14.0. The second-order valence-corrected chi connectivity index (χ2v) is 5.56. The molecule has 3 rings (SSSR count). The van der Waals surface area contributed by atoms with Gasteiger partial charge >= 0.3 is 5.97 Å².